The molecule has 0 aliphatic carbocycles. The number of nitrogens with two attached hydrogens (primary N) is 3. The summed E-state index contributed by atoms with van der Waals surface area (Å²) in [5, 5.41) is 18.3. The van der Waals surface area contributed by atoms with Gasteiger partial charge in [0.05, 0.1) is 27.1 Å². The predicted molar refractivity (Wildman–Crippen MR) is 73.4 cm³/mol. The maximum Gasteiger partial charge on any atom is 0.320 e. The summed E-state index contributed by atoms with van der Waals surface area (Å²) < 4.78 is 0.419. The minimum atomic E-state index is -1.00. The average molecular weight is 291 g/mol. The lowest BCUT2D eigenvalue weighted by Gasteiger charge is -2.23. The van der Waals surface area contributed by atoms with Crippen LogP contribution in [0.4, 0.5) is 0 Å². The van der Waals surface area contributed by atoms with Gasteiger partial charge in [0.1, 0.15) is 12.6 Å². The van der Waals surface area contributed by atoms with Crippen LogP contribution in [0.25, 0.3) is 0 Å². The van der Waals surface area contributed by atoms with E-state index in [2.05, 4.69) is 4.99 Å². The molecule has 0 aliphatic rings. The molecular weight excluding hydrogens is 266 g/mol. The smallest absolute Gasteiger partial charge is 0.320 e. The Bertz CT molecular complexity index is 334. The van der Waals surface area contributed by atoms with Crippen LogP contribution in [0.15, 0.2) is 4.99 Å². The van der Waals surface area contributed by atoms with Crippen molar-refractivity contribution in [2.75, 3.05) is 34.2 Å². The molecule has 118 valence electrons. The second kappa shape index (κ2) is 9.98. The van der Waals surface area contributed by atoms with Crippen LogP contribution >= 0.6 is 0 Å². The molecule has 0 saturated heterocycles. The van der Waals surface area contributed by atoms with E-state index in [9.17, 15) is 14.7 Å². The third-order valence-corrected chi connectivity index (χ3v) is 1.89. The third-order valence-electron chi connectivity index (χ3n) is 1.89. The van der Waals surface area contributed by atoms with Gasteiger partial charge in [-0.15, -0.1) is 0 Å². The number of likely N-dealkylation sites (N-methyl/N-ethyl adjacent to an activating group) is 1. The molecule has 0 heterocycles. The number of aliphatic imine (C=N–C) groups is 1. The highest BCUT2D eigenvalue weighted by Gasteiger charge is 2.09. The van der Waals surface area contributed by atoms with Crippen molar-refractivity contribution in [1.29, 1.82) is 0 Å². The van der Waals surface area contributed by atoms with E-state index >= 15 is 0 Å². The van der Waals surface area contributed by atoms with Crippen LogP contribution in [-0.4, -0.2) is 67.8 Å². The highest BCUT2D eigenvalue weighted by atomic mass is 16.4. The second-order valence-corrected chi connectivity index (χ2v) is 5.21. The Morgan fingerprint density at radius 1 is 1.30 bits per heavy atom. The summed E-state index contributed by atoms with van der Waals surface area (Å²) in [5.41, 5.74) is 15.3. The molecule has 9 nitrogen and oxygen atoms in total. The molecule has 1 atom stereocenters. The number of guanidine groups is 1. The Labute approximate surface area is 118 Å². The molecule has 0 bridgehead atoms. The lowest BCUT2D eigenvalue weighted by molar-refractivity contribution is -0.864. The Balaban J connectivity index is 0. The third kappa shape index (κ3) is 18.5. The van der Waals surface area contributed by atoms with Crippen molar-refractivity contribution < 1.29 is 24.3 Å². The molecule has 0 fully saturated rings. The molecule has 0 aromatic carbocycles. The lowest BCUT2D eigenvalue weighted by Crippen LogP contribution is -2.45. The van der Waals surface area contributed by atoms with Crippen LogP contribution in [0.2, 0.25) is 0 Å². The van der Waals surface area contributed by atoms with Crippen molar-refractivity contribution in [3.8, 4) is 0 Å². The summed E-state index contributed by atoms with van der Waals surface area (Å²) in [6.45, 7) is 0.489. The molecule has 7 N–H and O–H groups in total. The van der Waals surface area contributed by atoms with E-state index in [1.54, 1.807) is 21.1 Å². The van der Waals surface area contributed by atoms with Crippen LogP contribution in [0.1, 0.15) is 12.8 Å². The van der Waals surface area contributed by atoms with E-state index in [0.717, 1.165) is 0 Å². The highest BCUT2D eigenvalue weighted by Crippen LogP contribution is 1.94. The zero-order chi connectivity index (χ0) is 16.3. The van der Waals surface area contributed by atoms with Crippen molar-refractivity contribution in [3.05, 3.63) is 0 Å². The minimum Gasteiger partial charge on any atom is -0.544 e. The largest absolute Gasteiger partial charge is 0.544 e. The summed E-state index contributed by atoms with van der Waals surface area (Å²) in [4.78, 5) is 23.8. The summed E-state index contributed by atoms with van der Waals surface area (Å²) >= 11 is 0. The Kier molecular flexibility index (Phi) is 10.2. The van der Waals surface area contributed by atoms with E-state index in [1.807, 2.05) is 0 Å². The van der Waals surface area contributed by atoms with Gasteiger partial charge in [-0.05, 0) is 12.8 Å². The Morgan fingerprint density at radius 2 is 1.80 bits per heavy atom. The SMILES string of the molecule is C[N+](C)(C)CC(=O)[O-].NC(N)=NCCC[C@H](N)C(=O)O. The summed E-state index contributed by atoms with van der Waals surface area (Å²) in [5.74, 6) is -1.99. The molecule has 0 saturated carbocycles. The fourth-order valence-electron chi connectivity index (χ4n) is 1.03. The lowest BCUT2D eigenvalue weighted by atomic mass is 10.2. The summed E-state index contributed by atoms with van der Waals surface area (Å²) in [7, 11) is 5.40. The molecular formula is C11H25N5O4. The van der Waals surface area contributed by atoms with Crippen molar-refractivity contribution in [2.24, 2.45) is 22.2 Å². The van der Waals surface area contributed by atoms with Crippen molar-refractivity contribution in [2.45, 2.75) is 18.9 Å². The van der Waals surface area contributed by atoms with Crippen LogP contribution in [0.5, 0.6) is 0 Å². The molecule has 0 spiro atoms. The number of hydrogen-bond acceptors (Lipinski definition) is 5. The van der Waals surface area contributed by atoms with Gasteiger partial charge in [-0.25, -0.2) is 0 Å². The fraction of sp³-hybridized carbons (Fsp3) is 0.727. The van der Waals surface area contributed by atoms with Crippen LogP contribution in [-0.2, 0) is 9.59 Å². The number of aliphatic carboxylic acids is 2. The number of quaternary nitrogens is 1. The number of carboxylic acid groups (broad SMARTS) is 2. The minimum absolute atomic E-state index is 0.0129. The average Bonchev–Trinajstić information content (AvgIpc) is 2.20. The van der Waals surface area contributed by atoms with Gasteiger partial charge >= 0.3 is 5.97 Å². The Hall–Kier alpha value is -1.87. The predicted octanol–water partition coefficient (Wildman–Crippen LogP) is -3.11. The molecule has 0 aromatic rings. The first kappa shape index (κ1) is 20.4. The molecule has 9 heteroatoms. The van der Waals surface area contributed by atoms with E-state index in [-0.39, 0.29) is 12.5 Å². The monoisotopic (exact) mass is 291 g/mol. The number of carbonyl (C=O) groups is 2. The molecule has 0 rings (SSSR count). The highest BCUT2D eigenvalue weighted by molar-refractivity contribution is 5.75. The number of rotatable bonds is 7. The molecule has 20 heavy (non-hydrogen) atoms. The van der Waals surface area contributed by atoms with Gasteiger partial charge in [0, 0.05) is 6.54 Å². The first-order chi connectivity index (χ1) is 8.95. The topological polar surface area (TPSA) is 168 Å². The van der Waals surface area contributed by atoms with Gasteiger partial charge in [0.2, 0.25) is 0 Å². The Morgan fingerprint density at radius 3 is 2.05 bits per heavy atom. The zero-order valence-corrected chi connectivity index (χ0v) is 12.2. The van der Waals surface area contributed by atoms with Crippen molar-refractivity contribution in [1.82, 2.24) is 0 Å². The van der Waals surface area contributed by atoms with E-state index in [1.165, 1.54) is 0 Å². The first-order valence-electron chi connectivity index (χ1n) is 5.99. The first-order valence-corrected chi connectivity index (χ1v) is 5.99. The maximum atomic E-state index is 10.2. The number of carboxylic acids is 2. The van der Waals surface area contributed by atoms with E-state index in [0.29, 0.717) is 23.9 Å². The van der Waals surface area contributed by atoms with Crippen molar-refractivity contribution >= 4 is 17.9 Å². The van der Waals surface area contributed by atoms with Gasteiger partial charge < -0.3 is 36.7 Å². The summed E-state index contributed by atoms with van der Waals surface area (Å²) in [6.07, 6.45) is 0.956. The quantitative estimate of drug-likeness (QED) is 0.166. The van der Waals surface area contributed by atoms with Crippen molar-refractivity contribution in [3.63, 3.8) is 0 Å². The number of hydrogen-bond donors (Lipinski definition) is 4. The molecule has 0 unspecified atom stereocenters. The van der Waals surface area contributed by atoms with Gasteiger partial charge in [0.15, 0.2) is 5.96 Å². The van der Waals surface area contributed by atoms with Gasteiger partial charge in [-0.1, -0.05) is 0 Å². The van der Waals surface area contributed by atoms with Crippen LogP contribution in [0, 0.1) is 0 Å². The van der Waals surface area contributed by atoms with Crippen LogP contribution in [0.3, 0.4) is 0 Å². The van der Waals surface area contributed by atoms with Gasteiger partial charge in [0.25, 0.3) is 0 Å². The molecule has 0 aliphatic heterocycles. The van der Waals surface area contributed by atoms with E-state index < -0.39 is 18.0 Å². The zero-order valence-electron chi connectivity index (χ0n) is 12.2. The number of nitrogens with zero attached hydrogens (tertiary/aromatic N) is 2. The van der Waals surface area contributed by atoms with Gasteiger partial charge in [-0.2, -0.15) is 0 Å². The normalized spacial score (nSPS) is 11.8. The van der Waals surface area contributed by atoms with Gasteiger partial charge in [-0.3, -0.25) is 9.79 Å². The molecule has 0 amide bonds. The standard InChI is InChI=1S/C6H14N4O2.C5H11NO2/c7-4(5(11)12)2-1-3-10-6(8)9;1-6(2,3)4-5(7)8/h4H,1-3,7H2,(H,11,12)(H4,8,9,10);4H2,1-3H3/t4-;/m0./s1. The fourth-order valence-corrected chi connectivity index (χ4v) is 1.03. The van der Waals surface area contributed by atoms with E-state index in [4.69, 9.17) is 22.3 Å². The van der Waals surface area contributed by atoms with Crippen LogP contribution < -0.4 is 22.3 Å². The molecule has 0 aromatic heterocycles. The maximum absolute atomic E-state index is 10.2. The molecule has 0 radical (unpaired) electrons. The summed E-state index contributed by atoms with van der Waals surface area (Å²) in [6, 6.07) is -0.820. The number of carbonyl (C=O) groups excluding carboxylic acids is 1. The second-order valence-electron chi connectivity index (χ2n) is 5.21.